The van der Waals surface area contributed by atoms with Crippen LogP contribution in [0.15, 0.2) is 59.4 Å². The second kappa shape index (κ2) is 8.31. The maximum Gasteiger partial charge on any atom is 0.321 e. The van der Waals surface area contributed by atoms with Gasteiger partial charge >= 0.3 is 6.01 Å². The number of rotatable bonds is 4. The maximum atomic E-state index is 9.97. The van der Waals surface area contributed by atoms with Gasteiger partial charge in [-0.2, -0.15) is 4.98 Å². The van der Waals surface area contributed by atoms with Crippen LogP contribution in [-0.4, -0.2) is 28.5 Å². The average Bonchev–Trinajstić information content (AvgIpc) is 3.07. The SMILES string of the molecule is CNc1nc(-c2ccncc2)no1.O=CCc1ccccc1. The monoisotopic (exact) mass is 296 g/mol. The highest BCUT2D eigenvalue weighted by Crippen LogP contribution is 2.15. The first-order valence-corrected chi connectivity index (χ1v) is 6.73. The Morgan fingerprint density at radius 3 is 2.45 bits per heavy atom. The number of hydrogen-bond donors (Lipinski definition) is 1. The van der Waals surface area contributed by atoms with E-state index in [0.29, 0.717) is 18.3 Å². The third-order valence-corrected chi connectivity index (χ3v) is 2.74. The number of nitrogens with one attached hydrogen (secondary N) is 1. The molecule has 0 atom stereocenters. The minimum atomic E-state index is 0.409. The summed E-state index contributed by atoms with van der Waals surface area (Å²) in [5, 5.41) is 6.54. The zero-order chi connectivity index (χ0) is 15.6. The Balaban J connectivity index is 0.000000172. The van der Waals surface area contributed by atoms with Gasteiger partial charge in [0.15, 0.2) is 0 Å². The predicted molar refractivity (Wildman–Crippen MR) is 83.3 cm³/mol. The van der Waals surface area contributed by atoms with Crippen LogP contribution in [-0.2, 0) is 11.2 Å². The summed E-state index contributed by atoms with van der Waals surface area (Å²) in [5.41, 5.74) is 1.97. The van der Waals surface area contributed by atoms with Crippen molar-refractivity contribution in [2.75, 3.05) is 12.4 Å². The molecule has 0 spiro atoms. The fourth-order valence-electron chi connectivity index (χ4n) is 1.65. The van der Waals surface area contributed by atoms with Gasteiger partial charge in [0, 0.05) is 31.4 Å². The van der Waals surface area contributed by atoms with E-state index in [1.807, 2.05) is 42.5 Å². The summed E-state index contributed by atoms with van der Waals surface area (Å²) in [5.74, 6) is 0.562. The van der Waals surface area contributed by atoms with Crippen LogP contribution in [0.25, 0.3) is 11.4 Å². The molecule has 112 valence electrons. The lowest BCUT2D eigenvalue weighted by molar-refractivity contribution is -0.107. The van der Waals surface area contributed by atoms with Gasteiger partial charge in [-0.15, -0.1) is 0 Å². The third-order valence-electron chi connectivity index (χ3n) is 2.74. The van der Waals surface area contributed by atoms with E-state index < -0.39 is 0 Å². The summed E-state index contributed by atoms with van der Waals surface area (Å²) in [7, 11) is 1.73. The minimum absolute atomic E-state index is 0.409. The molecule has 6 heteroatoms. The van der Waals surface area contributed by atoms with Crippen LogP contribution in [0, 0.1) is 0 Å². The number of carbonyl (C=O) groups is 1. The molecular formula is C16H16N4O2. The highest BCUT2D eigenvalue weighted by atomic mass is 16.5. The van der Waals surface area contributed by atoms with Crippen molar-refractivity contribution in [2.24, 2.45) is 0 Å². The lowest BCUT2D eigenvalue weighted by Crippen LogP contribution is -1.86. The summed E-state index contributed by atoms with van der Waals surface area (Å²) in [6.45, 7) is 0. The zero-order valence-corrected chi connectivity index (χ0v) is 12.1. The summed E-state index contributed by atoms with van der Waals surface area (Å²) in [6.07, 6.45) is 4.81. The molecule has 0 saturated carbocycles. The van der Waals surface area contributed by atoms with Crippen LogP contribution in [0.3, 0.4) is 0 Å². The van der Waals surface area contributed by atoms with Gasteiger partial charge in [0.05, 0.1) is 0 Å². The molecule has 2 aromatic heterocycles. The molecule has 3 aromatic rings. The Bertz CT molecular complexity index is 684. The molecule has 6 nitrogen and oxygen atoms in total. The molecule has 22 heavy (non-hydrogen) atoms. The third kappa shape index (κ3) is 4.52. The molecule has 1 aromatic carbocycles. The second-order valence-corrected chi connectivity index (χ2v) is 4.27. The molecule has 0 fully saturated rings. The van der Waals surface area contributed by atoms with Crippen molar-refractivity contribution in [3.05, 3.63) is 60.4 Å². The smallest absolute Gasteiger partial charge is 0.321 e. The van der Waals surface area contributed by atoms with E-state index in [-0.39, 0.29) is 0 Å². The molecular weight excluding hydrogens is 280 g/mol. The van der Waals surface area contributed by atoms with Gasteiger partial charge in [-0.25, -0.2) is 0 Å². The molecule has 0 amide bonds. The van der Waals surface area contributed by atoms with E-state index in [2.05, 4.69) is 20.4 Å². The number of benzene rings is 1. The lowest BCUT2D eigenvalue weighted by Gasteiger charge is -1.89. The van der Waals surface area contributed by atoms with E-state index in [9.17, 15) is 4.79 Å². The Hall–Kier alpha value is -3.02. The first-order valence-electron chi connectivity index (χ1n) is 6.73. The van der Waals surface area contributed by atoms with Gasteiger partial charge in [0.1, 0.15) is 6.29 Å². The lowest BCUT2D eigenvalue weighted by atomic mass is 10.2. The molecule has 1 N–H and O–H groups in total. The van der Waals surface area contributed by atoms with Crippen LogP contribution in [0.4, 0.5) is 6.01 Å². The van der Waals surface area contributed by atoms with E-state index in [4.69, 9.17) is 4.52 Å². The Kier molecular flexibility index (Phi) is 5.80. The van der Waals surface area contributed by atoms with Crippen molar-refractivity contribution >= 4 is 12.3 Å². The normalized spacial score (nSPS) is 9.50. The number of aromatic nitrogens is 3. The van der Waals surface area contributed by atoms with Gasteiger partial charge in [0.25, 0.3) is 0 Å². The maximum absolute atomic E-state index is 9.97. The highest BCUT2D eigenvalue weighted by molar-refractivity contribution is 5.54. The molecule has 0 bridgehead atoms. The second-order valence-electron chi connectivity index (χ2n) is 4.27. The molecule has 0 radical (unpaired) electrons. The van der Waals surface area contributed by atoms with Gasteiger partial charge in [0.2, 0.25) is 5.82 Å². The van der Waals surface area contributed by atoms with Crippen molar-refractivity contribution in [1.29, 1.82) is 0 Å². The van der Waals surface area contributed by atoms with Gasteiger partial charge < -0.3 is 14.6 Å². The van der Waals surface area contributed by atoms with Crippen molar-refractivity contribution < 1.29 is 9.32 Å². The van der Waals surface area contributed by atoms with Crippen LogP contribution >= 0.6 is 0 Å². The number of pyridine rings is 1. The molecule has 0 aliphatic rings. The van der Waals surface area contributed by atoms with Crippen LogP contribution in [0.2, 0.25) is 0 Å². The molecule has 0 saturated heterocycles. The largest absolute Gasteiger partial charge is 0.341 e. The summed E-state index contributed by atoms with van der Waals surface area (Å²) >= 11 is 0. The Morgan fingerprint density at radius 1 is 1.14 bits per heavy atom. The molecule has 0 unspecified atom stereocenters. The molecule has 0 aliphatic heterocycles. The number of nitrogens with zero attached hydrogens (tertiary/aromatic N) is 3. The number of aldehydes is 1. The quantitative estimate of drug-likeness (QED) is 0.745. The van der Waals surface area contributed by atoms with E-state index >= 15 is 0 Å². The standard InChI is InChI=1S/C8H8N4O.C8H8O/c1-9-8-11-7(12-13-8)6-2-4-10-5-3-6;9-7-6-8-4-2-1-3-5-8/h2-5H,1H3,(H,9,11,12);1-5,7H,6H2. The van der Waals surface area contributed by atoms with Crippen LogP contribution in [0.5, 0.6) is 0 Å². The van der Waals surface area contributed by atoms with E-state index in [1.54, 1.807) is 19.4 Å². The summed E-state index contributed by atoms with van der Waals surface area (Å²) < 4.78 is 4.88. The zero-order valence-electron chi connectivity index (χ0n) is 12.1. The fourth-order valence-corrected chi connectivity index (χ4v) is 1.65. The summed E-state index contributed by atoms with van der Waals surface area (Å²) in [6, 6.07) is 13.7. The topological polar surface area (TPSA) is 80.9 Å². The average molecular weight is 296 g/mol. The van der Waals surface area contributed by atoms with Crippen molar-refractivity contribution in [1.82, 2.24) is 15.1 Å². The minimum Gasteiger partial charge on any atom is -0.341 e. The highest BCUT2D eigenvalue weighted by Gasteiger charge is 2.05. The molecule has 0 aliphatic carbocycles. The first-order chi connectivity index (χ1) is 10.8. The fraction of sp³-hybridized carbons (Fsp3) is 0.125. The van der Waals surface area contributed by atoms with Crippen molar-refractivity contribution in [2.45, 2.75) is 6.42 Å². The van der Waals surface area contributed by atoms with E-state index in [0.717, 1.165) is 17.4 Å². The molecule has 3 rings (SSSR count). The number of hydrogen-bond acceptors (Lipinski definition) is 6. The van der Waals surface area contributed by atoms with Crippen molar-refractivity contribution in [3.63, 3.8) is 0 Å². The summed E-state index contributed by atoms with van der Waals surface area (Å²) in [4.78, 5) is 18.0. The number of anilines is 1. The predicted octanol–water partition coefficient (Wildman–Crippen LogP) is 2.60. The van der Waals surface area contributed by atoms with E-state index in [1.165, 1.54) is 0 Å². The van der Waals surface area contributed by atoms with Gasteiger partial charge in [-0.1, -0.05) is 35.5 Å². The van der Waals surface area contributed by atoms with Crippen LogP contribution in [0.1, 0.15) is 5.56 Å². The first kappa shape index (κ1) is 15.4. The Morgan fingerprint density at radius 2 is 1.86 bits per heavy atom. The Labute approximate surface area is 128 Å². The van der Waals surface area contributed by atoms with Crippen molar-refractivity contribution in [3.8, 4) is 11.4 Å². The van der Waals surface area contributed by atoms with Gasteiger partial charge in [-0.05, 0) is 17.7 Å². The number of carbonyl (C=O) groups excluding carboxylic acids is 1. The van der Waals surface area contributed by atoms with Crippen LogP contribution < -0.4 is 5.32 Å². The molecule has 2 heterocycles. The van der Waals surface area contributed by atoms with Gasteiger partial charge in [-0.3, -0.25) is 4.98 Å².